The molecule has 0 saturated carbocycles. The lowest BCUT2D eigenvalue weighted by Crippen LogP contribution is -2.41. The molecule has 25 heavy (non-hydrogen) atoms. The lowest BCUT2D eigenvalue weighted by atomic mass is 9.95. The quantitative estimate of drug-likeness (QED) is 0.862. The van der Waals surface area contributed by atoms with Crippen LogP contribution >= 0.6 is 22.9 Å². The second-order valence-electron chi connectivity index (χ2n) is 6.15. The fourth-order valence-electron chi connectivity index (χ4n) is 3.01. The number of nitrogens with zero attached hydrogens (tertiary/aromatic N) is 3. The van der Waals surface area contributed by atoms with Gasteiger partial charge in [0.15, 0.2) is 0 Å². The second kappa shape index (κ2) is 8.01. The minimum Gasteiger partial charge on any atom is -0.369 e. The number of nitrogens with one attached hydrogen (secondary N) is 1. The third-order valence-electron chi connectivity index (χ3n) is 4.52. The Morgan fingerprint density at radius 1 is 1.44 bits per heavy atom. The highest BCUT2D eigenvalue weighted by Gasteiger charge is 2.26. The van der Waals surface area contributed by atoms with Gasteiger partial charge >= 0.3 is 0 Å². The van der Waals surface area contributed by atoms with Gasteiger partial charge in [-0.3, -0.25) is 9.59 Å². The smallest absolute Gasteiger partial charge is 0.287 e. The average molecular weight is 381 g/mol. The minimum atomic E-state index is -0.299. The van der Waals surface area contributed by atoms with Crippen LogP contribution < -0.4 is 15.8 Å². The van der Waals surface area contributed by atoms with E-state index in [2.05, 4.69) is 16.5 Å². The van der Waals surface area contributed by atoms with E-state index in [1.807, 2.05) is 16.3 Å². The van der Waals surface area contributed by atoms with Crippen molar-refractivity contribution in [2.24, 2.45) is 13.0 Å². The van der Waals surface area contributed by atoms with Crippen molar-refractivity contribution in [2.45, 2.75) is 19.3 Å². The van der Waals surface area contributed by atoms with Crippen molar-refractivity contribution < 1.29 is 4.79 Å². The van der Waals surface area contributed by atoms with Crippen LogP contribution in [0.25, 0.3) is 0 Å². The molecule has 0 atom stereocenters. The summed E-state index contributed by atoms with van der Waals surface area (Å²) in [7, 11) is 1.57. The molecule has 1 fully saturated rings. The van der Waals surface area contributed by atoms with Gasteiger partial charge in [0.25, 0.3) is 5.56 Å². The molecule has 1 aliphatic rings. The highest BCUT2D eigenvalue weighted by atomic mass is 35.5. The SMILES string of the molecule is Cn1ncc(N2CCC(C(=O)NCCc3cccs3)CC2)c(Cl)c1=O. The predicted molar refractivity (Wildman–Crippen MR) is 100 cm³/mol. The number of carbonyl (C=O) groups excluding carboxylic acids is 1. The molecule has 1 aliphatic heterocycles. The van der Waals surface area contributed by atoms with E-state index in [0.29, 0.717) is 25.3 Å². The van der Waals surface area contributed by atoms with Crippen molar-refractivity contribution in [3.8, 4) is 0 Å². The Morgan fingerprint density at radius 2 is 2.20 bits per heavy atom. The molecule has 1 saturated heterocycles. The summed E-state index contributed by atoms with van der Waals surface area (Å²) in [5, 5.41) is 9.30. The molecule has 1 amide bonds. The van der Waals surface area contributed by atoms with Crippen LogP contribution in [0.2, 0.25) is 5.02 Å². The zero-order valence-electron chi connectivity index (χ0n) is 14.1. The van der Waals surface area contributed by atoms with Crippen LogP contribution in [0.5, 0.6) is 0 Å². The Bertz CT molecular complexity index is 782. The molecule has 1 N–H and O–H groups in total. The summed E-state index contributed by atoms with van der Waals surface area (Å²) in [4.78, 5) is 27.5. The van der Waals surface area contributed by atoms with Gasteiger partial charge in [0, 0.05) is 37.5 Å². The van der Waals surface area contributed by atoms with E-state index in [0.717, 1.165) is 19.3 Å². The molecule has 0 bridgehead atoms. The first-order valence-electron chi connectivity index (χ1n) is 8.33. The average Bonchev–Trinajstić information content (AvgIpc) is 3.13. The molecule has 6 nitrogen and oxygen atoms in total. The van der Waals surface area contributed by atoms with Crippen LogP contribution in [0.3, 0.4) is 0 Å². The van der Waals surface area contributed by atoms with Gasteiger partial charge in [0.2, 0.25) is 5.91 Å². The maximum absolute atomic E-state index is 12.3. The molecule has 0 aliphatic carbocycles. The summed E-state index contributed by atoms with van der Waals surface area (Å²) < 4.78 is 1.22. The van der Waals surface area contributed by atoms with Gasteiger partial charge in [-0.25, -0.2) is 4.68 Å². The normalized spacial score (nSPS) is 15.4. The number of halogens is 1. The van der Waals surface area contributed by atoms with Crippen LogP contribution in [0.15, 0.2) is 28.5 Å². The van der Waals surface area contributed by atoms with Crippen molar-refractivity contribution >= 4 is 34.5 Å². The number of piperidine rings is 1. The maximum Gasteiger partial charge on any atom is 0.287 e. The number of aromatic nitrogens is 2. The largest absolute Gasteiger partial charge is 0.369 e. The van der Waals surface area contributed by atoms with E-state index >= 15 is 0 Å². The number of rotatable bonds is 5. The van der Waals surface area contributed by atoms with E-state index in [9.17, 15) is 9.59 Å². The maximum atomic E-state index is 12.3. The Morgan fingerprint density at radius 3 is 2.88 bits per heavy atom. The summed E-state index contributed by atoms with van der Waals surface area (Å²) in [6, 6.07) is 4.10. The predicted octanol–water partition coefficient (Wildman–Crippen LogP) is 2.07. The summed E-state index contributed by atoms with van der Waals surface area (Å²) in [6.07, 6.45) is 3.98. The molecule has 134 valence electrons. The number of carbonyl (C=O) groups is 1. The van der Waals surface area contributed by atoms with Gasteiger partial charge in [-0.2, -0.15) is 5.10 Å². The van der Waals surface area contributed by atoms with Gasteiger partial charge in [-0.1, -0.05) is 17.7 Å². The molecule has 2 aromatic rings. The fourth-order valence-corrected chi connectivity index (χ4v) is 4.01. The van der Waals surface area contributed by atoms with Crippen LogP contribution in [-0.2, 0) is 18.3 Å². The summed E-state index contributed by atoms with van der Waals surface area (Å²) in [5.41, 5.74) is 0.355. The first-order chi connectivity index (χ1) is 12.1. The zero-order chi connectivity index (χ0) is 17.8. The molecule has 2 aromatic heterocycles. The van der Waals surface area contributed by atoms with Gasteiger partial charge < -0.3 is 10.2 Å². The van der Waals surface area contributed by atoms with Crippen LogP contribution in [0.4, 0.5) is 5.69 Å². The van der Waals surface area contributed by atoms with E-state index in [4.69, 9.17) is 11.6 Å². The number of thiophene rings is 1. The minimum absolute atomic E-state index is 0.0119. The molecule has 0 unspecified atom stereocenters. The first kappa shape index (κ1) is 17.9. The third kappa shape index (κ3) is 4.22. The lowest BCUT2D eigenvalue weighted by molar-refractivity contribution is -0.125. The molecule has 0 radical (unpaired) electrons. The zero-order valence-corrected chi connectivity index (χ0v) is 15.6. The van der Waals surface area contributed by atoms with Crippen LogP contribution in [-0.4, -0.2) is 35.3 Å². The van der Waals surface area contributed by atoms with Crippen molar-refractivity contribution in [2.75, 3.05) is 24.5 Å². The van der Waals surface area contributed by atoms with Crippen molar-refractivity contribution in [3.63, 3.8) is 0 Å². The standard InChI is InChI=1S/C17H21ClN4O2S/c1-21-17(24)15(18)14(11-20-21)22-8-5-12(6-9-22)16(23)19-7-4-13-3-2-10-25-13/h2-3,10-12H,4-9H2,1H3,(H,19,23). The summed E-state index contributed by atoms with van der Waals surface area (Å²) >= 11 is 7.86. The highest BCUT2D eigenvalue weighted by Crippen LogP contribution is 2.26. The van der Waals surface area contributed by atoms with E-state index in [1.165, 1.54) is 9.56 Å². The Hall–Kier alpha value is -1.86. The second-order valence-corrected chi connectivity index (χ2v) is 7.56. The van der Waals surface area contributed by atoms with Gasteiger partial charge in [-0.15, -0.1) is 11.3 Å². The van der Waals surface area contributed by atoms with Crippen molar-refractivity contribution in [1.82, 2.24) is 15.1 Å². The highest BCUT2D eigenvalue weighted by molar-refractivity contribution is 7.09. The van der Waals surface area contributed by atoms with Crippen LogP contribution in [0, 0.1) is 5.92 Å². The van der Waals surface area contributed by atoms with Crippen molar-refractivity contribution in [3.05, 3.63) is 44.0 Å². The fraction of sp³-hybridized carbons (Fsp3) is 0.471. The van der Waals surface area contributed by atoms with E-state index in [-0.39, 0.29) is 22.4 Å². The summed E-state index contributed by atoms with van der Waals surface area (Å²) in [6.45, 7) is 2.05. The number of anilines is 1. The summed E-state index contributed by atoms with van der Waals surface area (Å²) in [5.74, 6) is 0.127. The Balaban J connectivity index is 1.50. The van der Waals surface area contributed by atoms with Crippen LogP contribution in [0.1, 0.15) is 17.7 Å². The molecular weight excluding hydrogens is 360 g/mol. The lowest BCUT2D eigenvalue weighted by Gasteiger charge is -2.33. The van der Waals surface area contributed by atoms with E-state index in [1.54, 1.807) is 24.6 Å². The van der Waals surface area contributed by atoms with Gasteiger partial charge in [0.05, 0.1) is 11.9 Å². The van der Waals surface area contributed by atoms with Gasteiger partial charge in [-0.05, 0) is 30.7 Å². The number of aryl methyl sites for hydroxylation is 1. The van der Waals surface area contributed by atoms with Crippen molar-refractivity contribution in [1.29, 1.82) is 0 Å². The molecule has 8 heteroatoms. The molecule has 3 heterocycles. The monoisotopic (exact) mass is 380 g/mol. The topological polar surface area (TPSA) is 67.2 Å². The molecule has 3 rings (SSSR count). The third-order valence-corrected chi connectivity index (χ3v) is 5.81. The Kier molecular flexibility index (Phi) is 5.75. The van der Waals surface area contributed by atoms with Gasteiger partial charge in [0.1, 0.15) is 5.02 Å². The number of amides is 1. The first-order valence-corrected chi connectivity index (χ1v) is 9.59. The molecular formula is C17H21ClN4O2S. The molecule has 0 aromatic carbocycles. The Labute approximate surface area is 155 Å². The number of hydrogen-bond donors (Lipinski definition) is 1. The number of hydrogen-bond acceptors (Lipinski definition) is 5. The molecule has 0 spiro atoms. The van der Waals surface area contributed by atoms with E-state index < -0.39 is 0 Å².